The number of pyridine rings is 1. The standard InChI is InChI=1S/C21H22F3N7/c1-13-11-19(27-14(2)26-13)31-9-5-16(6-10-31)28-18-12-17(21(22,23)24)29-20(30-18)15-3-7-25-8-4-15/h3-4,7-8,11-12,16H,5-6,9-10H2,1-2H3,(H,28,29,30). The van der Waals surface area contributed by atoms with E-state index in [0.717, 1.165) is 49.3 Å². The van der Waals surface area contributed by atoms with Crippen LogP contribution in [0, 0.1) is 13.8 Å². The SMILES string of the molecule is Cc1cc(N2CCC(Nc3cc(C(F)(F)F)nc(-c4ccncc4)n3)CC2)nc(C)n1. The fraction of sp³-hybridized carbons (Fsp3) is 0.381. The van der Waals surface area contributed by atoms with Crippen LogP contribution in [0.25, 0.3) is 11.4 Å². The van der Waals surface area contributed by atoms with Gasteiger partial charge >= 0.3 is 6.18 Å². The number of hydrogen-bond acceptors (Lipinski definition) is 7. The lowest BCUT2D eigenvalue weighted by Crippen LogP contribution is -2.39. The highest BCUT2D eigenvalue weighted by atomic mass is 19.4. The molecule has 1 aliphatic heterocycles. The summed E-state index contributed by atoms with van der Waals surface area (Å²) >= 11 is 0. The molecule has 0 atom stereocenters. The van der Waals surface area contributed by atoms with Crippen molar-refractivity contribution in [2.24, 2.45) is 0 Å². The Balaban J connectivity index is 1.50. The summed E-state index contributed by atoms with van der Waals surface area (Å²) < 4.78 is 40.2. The summed E-state index contributed by atoms with van der Waals surface area (Å²) in [5.41, 5.74) is 0.418. The van der Waals surface area contributed by atoms with E-state index in [1.54, 1.807) is 12.1 Å². The molecular weight excluding hydrogens is 407 g/mol. The predicted molar refractivity (Wildman–Crippen MR) is 111 cm³/mol. The van der Waals surface area contributed by atoms with Gasteiger partial charge in [0.1, 0.15) is 17.5 Å². The van der Waals surface area contributed by atoms with E-state index in [-0.39, 0.29) is 17.7 Å². The van der Waals surface area contributed by atoms with Crippen LogP contribution in [-0.4, -0.2) is 44.1 Å². The Morgan fingerprint density at radius 3 is 2.32 bits per heavy atom. The van der Waals surface area contributed by atoms with Crippen LogP contribution in [0.1, 0.15) is 30.1 Å². The zero-order chi connectivity index (χ0) is 22.0. The summed E-state index contributed by atoms with van der Waals surface area (Å²) in [4.78, 5) is 22.9. The molecule has 0 unspecified atom stereocenters. The first kappa shape index (κ1) is 21.0. The highest BCUT2D eigenvalue weighted by molar-refractivity contribution is 5.57. The van der Waals surface area contributed by atoms with Gasteiger partial charge in [-0.15, -0.1) is 0 Å². The summed E-state index contributed by atoms with van der Waals surface area (Å²) in [5.74, 6) is 1.79. The number of rotatable bonds is 4. The molecule has 0 radical (unpaired) electrons. The molecule has 1 N–H and O–H groups in total. The second-order valence-electron chi connectivity index (χ2n) is 7.52. The van der Waals surface area contributed by atoms with Crippen molar-refractivity contribution in [2.45, 2.75) is 38.9 Å². The molecule has 4 rings (SSSR count). The molecule has 162 valence electrons. The molecule has 0 bridgehead atoms. The van der Waals surface area contributed by atoms with Crippen molar-refractivity contribution in [1.29, 1.82) is 0 Å². The Bertz CT molecular complexity index is 1030. The maximum absolute atomic E-state index is 13.4. The van der Waals surface area contributed by atoms with E-state index in [2.05, 4.69) is 35.1 Å². The number of nitrogens with one attached hydrogen (secondary N) is 1. The van der Waals surface area contributed by atoms with Crippen LogP contribution in [0.3, 0.4) is 0 Å². The quantitative estimate of drug-likeness (QED) is 0.670. The van der Waals surface area contributed by atoms with Crippen molar-refractivity contribution in [3.05, 3.63) is 53.9 Å². The van der Waals surface area contributed by atoms with Crippen molar-refractivity contribution in [2.75, 3.05) is 23.3 Å². The first-order valence-corrected chi connectivity index (χ1v) is 9.98. The smallest absolute Gasteiger partial charge is 0.367 e. The van der Waals surface area contributed by atoms with Gasteiger partial charge < -0.3 is 10.2 Å². The molecule has 1 aliphatic rings. The van der Waals surface area contributed by atoms with Gasteiger partial charge in [-0.2, -0.15) is 13.2 Å². The third-order valence-electron chi connectivity index (χ3n) is 5.08. The Labute approximate surface area is 177 Å². The molecule has 0 saturated carbocycles. The summed E-state index contributed by atoms with van der Waals surface area (Å²) in [6.07, 6.45) is -0.0694. The Morgan fingerprint density at radius 1 is 0.968 bits per heavy atom. The van der Waals surface area contributed by atoms with Gasteiger partial charge in [-0.1, -0.05) is 0 Å². The molecule has 1 saturated heterocycles. The van der Waals surface area contributed by atoms with Crippen molar-refractivity contribution < 1.29 is 13.2 Å². The van der Waals surface area contributed by atoms with Crippen LogP contribution in [0.5, 0.6) is 0 Å². The topological polar surface area (TPSA) is 79.7 Å². The van der Waals surface area contributed by atoms with E-state index >= 15 is 0 Å². The van der Waals surface area contributed by atoms with Crippen LogP contribution in [0.2, 0.25) is 0 Å². The number of anilines is 2. The van der Waals surface area contributed by atoms with E-state index in [0.29, 0.717) is 5.56 Å². The third-order valence-corrected chi connectivity index (χ3v) is 5.08. The average Bonchev–Trinajstić information content (AvgIpc) is 2.73. The number of hydrogen-bond donors (Lipinski definition) is 1. The van der Waals surface area contributed by atoms with Crippen LogP contribution >= 0.6 is 0 Å². The highest BCUT2D eigenvalue weighted by Crippen LogP contribution is 2.31. The summed E-state index contributed by atoms with van der Waals surface area (Å²) in [6.45, 7) is 5.27. The molecule has 0 amide bonds. The zero-order valence-corrected chi connectivity index (χ0v) is 17.2. The molecule has 1 fully saturated rings. The number of aryl methyl sites for hydroxylation is 2. The first-order chi connectivity index (χ1) is 14.8. The van der Waals surface area contributed by atoms with Gasteiger partial charge in [0, 0.05) is 54.9 Å². The molecule has 10 heteroatoms. The normalized spacial score (nSPS) is 15.2. The number of halogens is 3. The lowest BCUT2D eigenvalue weighted by molar-refractivity contribution is -0.141. The monoisotopic (exact) mass is 429 g/mol. The molecule has 3 aromatic heterocycles. The minimum atomic E-state index is -4.56. The summed E-state index contributed by atoms with van der Waals surface area (Å²) in [7, 11) is 0. The minimum Gasteiger partial charge on any atom is -0.367 e. The van der Waals surface area contributed by atoms with Crippen LogP contribution in [-0.2, 0) is 6.18 Å². The van der Waals surface area contributed by atoms with Crippen LogP contribution in [0.15, 0.2) is 36.7 Å². The fourth-order valence-electron chi connectivity index (χ4n) is 3.62. The van der Waals surface area contributed by atoms with Gasteiger partial charge in [0.05, 0.1) is 0 Å². The van der Waals surface area contributed by atoms with Gasteiger partial charge in [0.2, 0.25) is 0 Å². The Kier molecular flexibility index (Phi) is 5.71. The van der Waals surface area contributed by atoms with Crippen molar-refractivity contribution in [3.8, 4) is 11.4 Å². The van der Waals surface area contributed by atoms with Crippen LogP contribution < -0.4 is 10.2 Å². The predicted octanol–water partition coefficient (Wildman–Crippen LogP) is 4.05. The van der Waals surface area contributed by atoms with E-state index in [1.807, 2.05) is 19.9 Å². The molecular formula is C21H22F3N7. The molecule has 0 aromatic carbocycles. The van der Waals surface area contributed by atoms with Crippen LogP contribution in [0.4, 0.5) is 24.8 Å². The van der Waals surface area contributed by atoms with E-state index in [9.17, 15) is 13.2 Å². The Morgan fingerprint density at radius 2 is 1.68 bits per heavy atom. The van der Waals surface area contributed by atoms with Gasteiger partial charge in [0.25, 0.3) is 0 Å². The summed E-state index contributed by atoms with van der Waals surface area (Å²) in [6, 6.07) is 6.09. The van der Waals surface area contributed by atoms with E-state index in [1.165, 1.54) is 12.4 Å². The lowest BCUT2D eigenvalue weighted by Gasteiger charge is -2.33. The second-order valence-corrected chi connectivity index (χ2v) is 7.52. The number of piperidine rings is 1. The summed E-state index contributed by atoms with van der Waals surface area (Å²) in [5, 5.41) is 3.17. The molecule has 0 aliphatic carbocycles. The number of aromatic nitrogens is 5. The molecule has 3 aromatic rings. The zero-order valence-electron chi connectivity index (χ0n) is 17.2. The van der Waals surface area contributed by atoms with Crippen molar-refractivity contribution in [3.63, 3.8) is 0 Å². The minimum absolute atomic E-state index is 0.00144. The van der Waals surface area contributed by atoms with E-state index in [4.69, 9.17) is 0 Å². The number of nitrogens with zero attached hydrogens (tertiary/aromatic N) is 6. The van der Waals surface area contributed by atoms with Gasteiger partial charge in [0.15, 0.2) is 11.5 Å². The molecule has 7 nitrogen and oxygen atoms in total. The number of alkyl halides is 3. The van der Waals surface area contributed by atoms with Gasteiger partial charge in [-0.05, 0) is 38.8 Å². The fourth-order valence-corrected chi connectivity index (χ4v) is 3.62. The molecule has 0 spiro atoms. The lowest BCUT2D eigenvalue weighted by atomic mass is 10.0. The third kappa shape index (κ3) is 5.07. The largest absolute Gasteiger partial charge is 0.433 e. The van der Waals surface area contributed by atoms with Crippen molar-refractivity contribution in [1.82, 2.24) is 24.9 Å². The molecule has 31 heavy (non-hydrogen) atoms. The average molecular weight is 429 g/mol. The van der Waals surface area contributed by atoms with Gasteiger partial charge in [-0.25, -0.2) is 19.9 Å². The first-order valence-electron chi connectivity index (χ1n) is 9.98. The molecule has 4 heterocycles. The van der Waals surface area contributed by atoms with E-state index < -0.39 is 11.9 Å². The second kappa shape index (κ2) is 8.44. The van der Waals surface area contributed by atoms with Crippen molar-refractivity contribution >= 4 is 11.6 Å². The van der Waals surface area contributed by atoms with Gasteiger partial charge in [-0.3, -0.25) is 4.98 Å². The Hall–Kier alpha value is -3.30. The maximum Gasteiger partial charge on any atom is 0.433 e. The highest BCUT2D eigenvalue weighted by Gasteiger charge is 2.34. The maximum atomic E-state index is 13.4.